The Balaban J connectivity index is 0. The summed E-state index contributed by atoms with van der Waals surface area (Å²) in [6, 6.07) is 0. The Morgan fingerprint density at radius 2 is 1.38 bits per heavy atom. The number of rotatable bonds is 4. The van der Waals surface area contributed by atoms with Crippen LogP contribution >= 0.6 is 0 Å². The van der Waals surface area contributed by atoms with E-state index in [4.69, 9.17) is 0 Å². The van der Waals surface area contributed by atoms with E-state index in [2.05, 4.69) is 19.2 Å². The Morgan fingerprint density at radius 1 is 1.00 bits per heavy atom. The van der Waals surface area contributed by atoms with Crippen LogP contribution in [0.15, 0.2) is 0 Å². The fourth-order valence-electron chi connectivity index (χ4n) is 0.479. The Morgan fingerprint density at radius 3 is 1.62 bits per heavy atom. The zero-order valence-corrected chi connectivity index (χ0v) is 7.74. The summed E-state index contributed by atoms with van der Waals surface area (Å²) in [5.74, 6) is 0. The van der Waals surface area contributed by atoms with Crippen LogP contribution in [-0.2, 0) is 21.1 Å². The van der Waals surface area contributed by atoms with E-state index in [0.717, 1.165) is 0 Å². The maximum atomic E-state index is 3.28. The molecule has 0 fully saturated rings. The van der Waals surface area contributed by atoms with E-state index in [1.54, 1.807) is 0 Å². The van der Waals surface area contributed by atoms with Crippen LogP contribution in [-0.4, -0.2) is 13.1 Å². The third-order valence-electron chi connectivity index (χ3n) is 0.854. The van der Waals surface area contributed by atoms with E-state index in [9.17, 15) is 0 Å². The van der Waals surface area contributed by atoms with Crippen LogP contribution in [0.2, 0.25) is 0 Å². The molecule has 0 unspecified atom stereocenters. The Hall–Kier alpha value is 0.648. The van der Waals surface area contributed by atoms with Gasteiger partial charge in [-0.2, -0.15) is 0 Å². The van der Waals surface area contributed by atoms with Gasteiger partial charge in [0.2, 0.25) is 0 Å². The van der Waals surface area contributed by atoms with Crippen molar-refractivity contribution in [3.8, 4) is 0 Å². The van der Waals surface area contributed by atoms with Crippen LogP contribution < -0.4 is 5.32 Å². The Labute approximate surface area is 66.5 Å². The van der Waals surface area contributed by atoms with E-state index < -0.39 is 0 Å². The van der Waals surface area contributed by atoms with E-state index in [0.29, 0.717) is 0 Å². The molecule has 0 amide bonds. The summed E-state index contributed by atoms with van der Waals surface area (Å²) < 4.78 is 0. The van der Waals surface area contributed by atoms with Crippen molar-refractivity contribution >= 4 is 0 Å². The zero-order valence-electron chi connectivity index (χ0n) is 5.74. The van der Waals surface area contributed by atoms with Crippen molar-refractivity contribution in [2.24, 2.45) is 0 Å². The molecule has 0 aliphatic carbocycles. The number of nitrogens with one attached hydrogen (secondary N) is 1. The molecule has 0 aliphatic heterocycles. The van der Waals surface area contributed by atoms with Gasteiger partial charge in [-0.05, 0) is 25.9 Å². The SMILES string of the molecule is CCCNCCC.[Mo]. The first-order chi connectivity index (χ1) is 3.41. The minimum absolute atomic E-state index is 0. The van der Waals surface area contributed by atoms with Gasteiger partial charge in [-0.15, -0.1) is 0 Å². The Kier molecular flexibility index (Phi) is 15.2. The second kappa shape index (κ2) is 10.6. The molecule has 0 heterocycles. The van der Waals surface area contributed by atoms with Crippen molar-refractivity contribution in [2.45, 2.75) is 26.7 Å². The molecule has 0 aromatic heterocycles. The van der Waals surface area contributed by atoms with Gasteiger partial charge in [-0.25, -0.2) is 0 Å². The maximum absolute atomic E-state index is 3.28. The quantitative estimate of drug-likeness (QED) is 0.530. The first-order valence-electron chi connectivity index (χ1n) is 3.12. The fourth-order valence-corrected chi connectivity index (χ4v) is 0.479. The largest absolute Gasteiger partial charge is 0.317 e. The molecule has 0 aromatic carbocycles. The molecule has 0 aliphatic rings. The van der Waals surface area contributed by atoms with Crippen LogP contribution in [0.3, 0.4) is 0 Å². The second-order valence-corrected chi connectivity index (χ2v) is 1.75. The maximum Gasteiger partial charge on any atom is 0 e. The van der Waals surface area contributed by atoms with E-state index in [1.165, 1.54) is 25.9 Å². The molecule has 0 radical (unpaired) electrons. The molecule has 2 heteroatoms. The molecule has 8 heavy (non-hydrogen) atoms. The van der Waals surface area contributed by atoms with Gasteiger partial charge in [0.15, 0.2) is 0 Å². The van der Waals surface area contributed by atoms with Gasteiger partial charge in [-0.3, -0.25) is 0 Å². The van der Waals surface area contributed by atoms with Crippen LogP contribution in [0.1, 0.15) is 26.7 Å². The summed E-state index contributed by atoms with van der Waals surface area (Å²) in [5, 5.41) is 3.28. The normalized spacial score (nSPS) is 8.25. The van der Waals surface area contributed by atoms with E-state index >= 15 is 0 Å². The van der Waals surface area contributed by atoms with Crippen molar-refractivity contribution in [2.75, 3.05) is 13.1 Å². The van der Waals surface area contributed by atoms with Gasteiger partial charge < -0.3 is 5.32 Å². The zero-order chi connectivity index (χ0) is 5.54. The average molecular weight is 197 g/mol. The molecule has 50 valence electrons. The summed E-state index contributed by atoms with van der Waals surface area (Å²) in [5.41, 5.74) is 0. The van der Waals surface area contributed by atoms with Crippen molar-refractivity contribution in [3.05, 3.63) is 0 Å². The molecule has 0 rings (SSSR count). The van der Waals surface area contributed by atoms with E-state index in [1.807, 2.05) is 0 Å². The standard InChI is InChI=1S/C6H15N.Mo/c1-3-5-7-6-4-2;/h7H,3-6H2,1-2H3;. The van der Waals surface area contributed by atoms with Crippen molar-refractivity contribution in [1.29, 1.82) is 0 Å². The molecule has 0 bridgehead atoms. The molecule has 0 atom stereocenters. The van der Waals surface area contributed by atoms with Crippen molar-refractivity contribution < 1.29 is 21.1 Å². The monoisotopic (exact) mass is 199 g/mol. The van der Waals surface area contributed by atoms with Gasteiger partial charge in [0, 0.05) is 21.1 Å². The number of hydrogen-bond acceptors (Lipinski definition) is 1. The first-order valence-corrected chi connectivity index (χ1v) is 3.12. The molecule has 0 aromatic rings. The third-order valence-corrected chi connectivity index (χ3v) is 0.854. The summed E-state index contributed by atoms with van der Waals surface area (Å²) in [7, 11) is 0. The van der Waals surface area contributed by atoms with Crippen LogP contribution in [0.4, 0.5) is 0 Å². The average Bonchev–Trinajstić information content (AvgIpc) is 1.69. The van der Waals surface area contributed by atoms with Crippen molar-refractivity contribution in [3.63, 3.8) is 0 Å². The molecule has 0 saturated heterocycles. The predicted octanol–water partition coefficient (Wildman–Crippen LogP) is 1.39. The first kappa shape index (κ1) is 11.4. The molecule has 0 spiro atoms. The third kappa shape index (κ3) is 9.82. The van der Waals surface area contributed by atoms with Gasteiger partial charge in [0.25, 0.3) is 0 Å². The van der Waals surface area contributed by atoms with Gasteiger partial charge in [0.1, 0.15) is 0 Å². The van der Waals surface area contributed by atoms with Gasteiger partial charge in [0.05, 0.1) is 0 Å². The molecule has 1 N–H and O–H groups in total. The molecule has 0 saturated carbocycles. The smallest absolute Gasteiger partial charge is 0 e. The summed E-state index contributed by atoms with van der Waals surface area (Å²) in [4.78, 5) is 0. The number of hydrogen-bond donors (Lipinski definition) is 1. The van der Waals surface area contributed by atoms with Crippen molar-refractivity contribution in [1.82, 2.24) is 5.32 Å². The van der Waals surface area contributed by atoms with Gasteiger partial charge in [-0.1, -0.05) is 13.8 Å². The van der Waals surface area contributed by atoms with Gasteiger partial charge >= 0.3 is 0 Å². The molecular weight excluding hydrogens is 182 g/mol. The topological polar surface area (TPSA) is 12.0 Å². The summed E-state index contributed by atoms with van der Waals surface area (Å²) in [6.07, 6.45) is 2.50. The minimum atomic E-state index is 0. The molecular formula is C6H15MoN. The summed E-state index contributed by atoms with van der Waals surface area (Å²) >= 11 is 0. The minimum Gasteiger partial charge on any atom is -0.317 e. The van der Waals surface area contributed by atoms with Crippen LogP contribution in [0, 0.1) is 0 Å². The predicted molar refractivity (Wildman–Crippen MR) is 33.5 cm³/mol. The van der Waals surface area contributed by atoms with E-state index in [-0.39, 0.29) is 21.1 Å². The Bertz CT molecular complexity index is 27.7. The van der Waals surface area contributed by atoms with Crippen LogP contribution in [0.25, 0.3) is 0 Å². The summed E-state index contributed by atoms with van der Waals surface area (Å²) in [6.45, 7) is 6.72. The van der Waals surface area contributed by atoms with Crippen LogP contribution in [0.5, 0.6) is 0 Å². The fraction of sp³-hybridized carbons (Fsp3) is 1.00. The second-order valence-electron chi connectivity index (χ2n) is 1.75. The molecule has 1 nitrogen and oxygen atoms in total.